The molecule has 0 saturated carbocycles. The van der Waals surface area contributed by atoms with Crippen molar-refractivity contribution in [3.8, 4) is 5.69 Å². The molecule has 78 valence electrons. The Hall–Kier alpha value is -1.91. The summed E-state index contributed by atoms with van der Waals surface area (Å²) in [6, 6.07) is 3.49. The predicted molar refractivity (Wildman–Crippen MR) is 55.6 cm³/mol. The largest absolute Gasteiger partial charge is 0.383 e. The van der Waals surface area contributed by atoms with Gasteiger partial charge in [-0.15, -0.1) is 0 Å². The summed E-state index contributed by atoms with van der Waals surface area (Å²) in [7, 11) is 1.67. The molecule has 0 aliphatic rings. The second-order valence-corrected chi connectivity index (χ2v) is 3.12. The van der Waals surface area contributed by atoms with Crippen molar-refractivity contribution in [3.05, 3.63) is 36.2 Å². The van der Waals surface area contributed by atoms with Gasteiger partial charge in [-0.1, -0.05) is 0 Å². The van der Waals surface area contributed by atoms with Crippen molar-refractivity contribution in [3.63, 3.8) is 0 Å². The van der Waals surface area contributed by atoms with Gasteiger partial charge in [-0.3, -0.25) is 4.98 Å². The summed E-state index contributed by atoms with van der Waals surface area (Å²) < 4.78 is 15.0. The molecule has 15 heavy (non-hydrogen) atoms. The van der Waals surface area contributed by atoms with Crippen LogP contribution in [0.3, 0.4) is 0 Å². The van der Waals surface area contributed by atoms with Crippen LogP contribution in [0.15, 0.2) is 24.5 Å². The molecule has 0 aliphatic heterocycles. The standard InChI is InChI=1S/C10H11FN4/c1-7-9(12-2)10(11)15(14-7)8-4-3-5-13-6-8/h3-6,12H,1-2H3. The number of nitrogens with one attached hydrogen (secondary N) is 1. The Kier molecular flexibility index (Phi) is 2.37. The molecule has 2 rings (SSSR count). The van der Waals surface area contributed by atoms with E-state index < -0.39 is 5.95 Å². The molecule has 5 heteroatoms. The Morgan fingerprint density at radius 1 is 1.47 bits per heavy atom. The number of hydrogen-bond acceptors (Lipinski definition) is 3. The molecule has 2 aromatic heterocycles. The van der Waals surface area contributed by atoms with Gasteiger partial charge >= 0.3 is 0 Å². The van der Waals surface area contributed by atoms with Crippen LogP contribution in [0.2, 0.25) is 0 Å². The quantitative estimate of drug-likeness (QED) is 0.814. The number of aryl methyl sites for hydroxylation is 1. The van der Waals surface area contributed by atoms with E-state index in [2.05, 4.69) is 15.4 Å². The van der Waals surface area contributed by atoms with Crippen molar-refractivity contribution in [1.82, 2.24) is 14.8 Å². The maximum absolute atomic E-state index is 13.8. The van der Waals surface area contributed by atoms with Crippen molar-refractivity contribution in [1.29, 1.82) is 0 Å². The van der Waals surface area contributed by atoms with Gasteiger partial charge in [-0.2, -0.15) is 9.49 Å². The zero-order chi connectivity index (χ0) is 10.8. The summed E-state index contributed by atoms with van der Waals surface area (Å²) in [5, 5.41) is 6.87. The van der Waals surface area contributed by atoms with Gasteiger partial charge in [0, 0.05) is 13.2 Å². The molecule has 0 saturated heterocycles. The van der Waals surface area contributed by atoms with E-state index in [1.54, 1.807) is 38.5 Å². The van der Waals surface area contributed by atoms with Crippen LogP contribution in [0, 0.1) is 12.9 Å². The fourth-order valence-electron chi connectivity index (χ4n) is 1.43. The molecule has 4 nitrogen and oxygen atoms in total. The first kappa shape index (κ1) is 9.64. The molecule has 0 aliphatic carbocycles. The normalized spacial score (nSPS) is 10.3. The molecule has 0 fully saturated rings. The topological polar surface area (TPSA) is 42.7 Å². The van der Waals surface area contributed by atoms with Crippen LogP contribution in [0.5, 0.6) is 0 Å². The number of aromatic nitrogens is 3. The second-order valence-electron chi connectivity index (χ2n) is 3.12. The number of rotatable bonds is 2. The summed E-state index contributed by atoms with van der Waals surface area (Å²) in [5.41, 5.74) is 1.65. The van der Waals surface area contributed by atoms with Gasteiger partial charge in [0.25, 0.3) is 0 Å². The lowest BCUT2D eigenvalue weighted by Crippen LogP contribution is -2.00. The van der Waals surface area contributed by atoms with Gasteiger partial charge in [-0.25, -0.2) is 4.68 Å². The summed E-state index contributed by atoms with van der Waals surface area (Å²) in [4.78, 5) is 3.92. The van der Waals surface area contributed by atoms with Crippen LogP contribution >= 0.6 is 0 Å². The molecule has 0 radical (unpaired) electrons. The Bertz CT molecular complexity index is 464. The first-order valence-electron chi connectivity index (χ1n) is 4.57. The molecular formula is C10H11FN4. The average molecular weight is 206 g/mol. The lowest BCUT2D eigenvalue weighted by Gasteiger charge is -2.00. The minimum Gasteiger partial charge on any atom is -0.383 e. The van der Waals surface area contributed by atoms with Crippen LogP contribution in [0.25, 0.3) is 5.69 Å². The smallest absolute Gasteiger partial charge is 0.239 e. The Morgan fingerprint density at radius 3 is 2.80 bits per heavy atom. The molecule has 0 unspecified atom stereocenters. The third kappa shape index (κ3) is 1.56. The highest BCUT2D eigenvalue weighted by Crippen LogP contribution is 2.20. The Labute approximate surface area is 86.8 Å². The first-order chi connectivity index (χ1) is 7.24. The van der Waals surface area contributed by atoms with Crippen molar-refractivity contribution in [2.24, 2.45) is 0 Å². The fourth-order valence-corrected chi connectivity index (χ4v) is 1.43. The molecule has 0 spiro atoms. The maximum atomic E-state index is 13.8. The molecule has 1 N–H and O–H groups in total. The third-order valence-corrected chi connectivity index (χ3v) is 2.14. The number of nitrogens with zero attached hydrogens (tertiary/aromatic N) is 3. The molecular weight excluding hydrogens is 195 g/mol. The van der Waals surface area contributed by atoms with Gasteiger partial charge < -0.3 is 5.32 Å². The zero-order valence-corrected chi connectivity index (χ0v) is 8.53. The van der Waals surface area contributed by atoms with E-state index >= 15 is 0 Å². The van der Waals surface area contributed by atoms with Crippen LogP contribution < -0.4 is 5.32 Å². The molecule has 0 aromatic carbocycles. The van der Waals surface area contributed by atoms with E-state index in [4.69, 9.17) is 0 Å². The van der Waals surface area contributed by atoms with Crippen molar-refractivity contribution in [2.45, 2.75) is 6.92 Å². The van der Waals surface area contributed by atoms with Gasteiger partial charge in [0.05, 0.1) is 17.6 Å². The summed E-state index contributed by atoms with van der Waals surface area (Å²) in [6.07, 6.45) is 3.20. The van der Waals surface area contributed by atoms with Gasteiger partial charge in [0.2, 0.25) is 5.95 Å². The highest BCUT2D eigenvalue weighted by molar-refractivity contribution is 5.48. The highest BCUT2D eigenvalue weighted by Gasteiger charge is 2.14. The van der Waals surface area contributed by atoms with Crippen LogP contribution in [0.4, 0.5) is 10.1 Å². The average Bonchev–Trinajstić information content (AvgIpc) is 2.55. The Balaban J connectivity index is 2.55. The summed E-state index contributed by atoms with van der Waals surface area (Å²) in [6.45, 7) is 1.75. The van der Waals surface area contributed by atoms with E-state index in [0.29, 0.717) is 17.1 Å². The lowest BCUT2D eigenvalue weighted by atomic mass is 10.4. The van der Waals surface area contributed by atoms with Gasteiger partial charge in [0.15, 0.2) is 0 Å². The molecule has 0 amide bonds. The van der Waals surface area contributed by atoms with E-state index in [1.807, 2.05) is 0 Å². The molecule has 2 aromatic rings. The minimum absolute atomic E-state index is 0.400. The summed E-state index contributed by atoms with van der Waals surface area (Å²) in [5.74, 6) is -0.400. The number of halogens is 1. The lowest BCUT2D eigenvalue weighted by molar-refractivity contribution is 0.538. The zero-order valence-electron chi connectivity index (χ0n) is 8.53. The van der Waals surface area contributed by atoms with Crippen molar-refractivity contribution < 1.29 is 4.39 Å². The minimum atomic E-state index is -0.400. The Morgan fingerprint density at radius 2 is 2.27 bits per heavy atom. The van der Waals surface area contributed by atoms with E-state index in [-0.39, 0.29) is 0 Å². The number of anilines is 1. The fraction of sp³-hybridized carbons (Fsp3) is 0.200. The van der Waals surface area contributed by atoms with Crippen LogP contribution in [-0.4, -0.2) is 21.8 Å². The molecule has 0 atom stereocenters. The number of pyridine rings is 1. The highest BCUT2D eigenvalue weighted by atomic mass is 19.1. The number of hydrogen-bond donors (Lipinski definition) is 1. The van der Waals surface area contributed by atoms with Gasteiger partial charge in [0.1, 0.15) is 5.69 Å². The summed E-state index contributed by atoms with van der Waals surface area (Å²) >= 11 is 0. The van der Waals surface area contributed by atoms with Crippen LogP contribution in [0.1, 0.15) is 5.69 Å². The van der Waals surface area contributed by atoms with Crippen molar-refractivity contribution >= 4 is 5.69 Å². The third-order valence-electron chi connectivity index (χ3n) is 2.14. The maximum Gasteiger partial charge on any atom is 0.239 e. The second kappa shape index (κ2) is 3.68. The van der Waals surface area contributed by atoms with Crippen molar-refractivity contribution in [2.75, 3.05) is 12.4 Å². The van der Waals surface area contributed by atoms with E-state index in [9.17, 15) is 4.39 Å². The first-order valence-corrected chi connectivity index (χ1v) is 4.57. The monoisotopic (exact) mass is 206 g/mol. The van der Waals surface area contributed by atoms with E-state index in [1.165, 1.54) is 4.68 Å². The predicted octanol–water partition coefficient (Wildman–Crippen LogP) is 1.76. The molecule has 0 bridgehead atoms. The SMILES string of the molecule is CNc1c(C)nn(-c2cccnc2)c1F. The van der Waals surface area contributed by atoms with Gasteiger partial charge in [-0.05, 0) is 19.1 Å². The molecule has 2 heterocycles. The van der Waals surface area contributed by atoms with E-state index in [0.717, 1.165) is 0 Å². The van der Waals surface area contributed by atoms with Crippen LogP contribution in [-0.2, 0) is 0 Å².